The average Bonchev–Trinajstić information content (AvgIpc) is 3.02. The molecule has 0 unspecified atom stereocenters. The Morgan fingerprint density at radius 2 is 1.94 bits per heavy atom. The molecule has 2 rings (SSSR count). The highest BCUT2D eigenvalue weighted by Crippen LogP contribution is 2.39. The number of ether oxygens (including phenoxy) is 2. The van der Waals surface area contributed by atoms with Gasteiger partial charge >= 0.3 is 0 Å². The third kappa shape index (κ3) is 3.37. The second-order valence-electron chi connectivity index (χ2n) is 6.21. The number of nitrogens with zero attached hydrogens (tertiary/aromatic N) is 1. The highest BCUT2D eigenvalue weighted by molar-refractivity contribution is 5.44. The van der Waals surface area contributed by atoms with Crippen LogP contribution in [0, 0.1) is 0 Å². The Morgan fingerprint density at radius 1 is 1.28 bits per heavy atom. The summed E-state index contributed by atoms with van der Waals surface area (Å²) in [5, 5.41) is 0. The lowest BCUT2D eigenvalue weighted by Gasteiger charge is -2.25. The Morgan fingerprint density at radius 3 is 2.44 bits per heavy atom. The molecule has 0 radical (unpaired) electrons. The fourth-order valence-electron chi connectivity index (χ4n) is 1.72. The van der Waals surface area contributed by atoms with Crippen molar-refractivity contribution < 1.29 is 9.47 Å². The number of hydrogen-bond acceptors (Lipinski definition) is 3. The molecular formula is C15H23NO2. The van der Waals surface area contributed by atoms with Gasteiger partial charge in [-0.25, -0.2) is 0 Å². The molecule has 18 heavy (non-hydrogen) atoms. The maximum absolute atomic E-state index is 6.07. The van der Waals surface area contributed by atoms with E-state index in [4.69, 9.17) is 9.47 Å². The fraction of sp³-hybridized carbons (Fsp3) is 0.667. The van der Waals surface area contributed by atoms with Crippen molar-refractivity contribution in [3.05, 3.63) is 18.0 Å². The quantitative estimate of drug-likeness (QED) is 0.810. The topological polar surface area (TPSA) is 31.4 Å². The first-order valence-electron chi connectivity index (χ1n) is 6.71. The van der Waals surface area contributed by atoms with Crippen molar-refractivity contribution in [1.82, 2.24) is 4.98 Å². The van der Waals surface area contributed by atoms with Gasteiger partial charge in [0, 0.05) is 12.3 Å². The Labute approximate surface area is 110 Å². The van der Waals surface area contributed by atoms with Crippen molar-refractivity contribution in [2.75, 3.05) is 0 Å². The Kier molecular flexibility index (Phi) is 3.51. The monoisotopic (exact) mass is 249 g/mol. The minimum absolute atomic E-state index is 0.242. The Balaban J connectivity index is 2.34. The lowest BCUT2D eigenvalue weighted by molar-refractivity contribution is 0.119. The van der Waals surface area contributed by atoms with Crippen LogP contribution in [0.25, 0.3) is 0 Å². The summed E-state index contributed by atoms with van der Waals surface area (Å²) in [4.78, 5) is 4.45. The fourth-order valence-corrected chi connectivity index (χ4v) is 1.72. The van der Waals surface area contributed by atoms with E-state index in [1.165, 1.54) is 0 Å². The Hall–Kier alpha value is -1.25. The van der Waals surface area contributed by atoms with E-state index in [9.17, 15) is 0 Å². The van der Waals surface area contributed by atoms with E-state index in [0.29, 0.717) is 12.0 Å². The predicted molar refractivity (Wildman–Crippen MR) is 72.4 cm³/mol. The van der Waals surface area contributed by atoms with Crippen LogP contribution in [0.4, 0.5) is 0 Å². The van der Waals surface area contributed by atoms with Crippen molar-refractivity contribution in [3.8, 4) is 11.5 Å². The summed E-state index contributed by atoms with van der Waals surface area (Å²) in [7, 11) is 0. The van der Waals surface area contributed by atoms with Crippen LogP contribution in [0.5, 0.6) is 11.5 Å². The van der Waals surface area contributed by atoms with Crippen LogP contribution in [0.1, 0.15) is 59.1 Å². The van der Waals surface area contributed by atoms with E-state index in [1.54, 1.807) is 0 Å². The number of rotatable bonds is 4. The van der Waals surface area contributed by atoms with E-state index >= 15 is 0 Å². The van der Waals surface area contributed by atoms with Crippen LogP contribution in [0.3, 0.4) is 0 Å². The van der Waals surface area contributed by atoms with Gasteiger partial charge in [0.1, 0.15) is 5.60 Å². The van der Waals surface area contributed by atoms with Crippen LogP contribution in [0.15, 0.2) is 12.3 Å². The molecule has 0 atom stereocenters. The molecule has 1 fully saturated rings. The molecule has 1 aromatic heterocycles. The first kappa shape index (κ1) is 13.2. The lowest BCUT2D eigenvalue weighted by atomic mass is 10.1. The SMILES string of the molecule is CC(C)c1nccc(OC2CC2)c1OC(C)(C)C. The van der Waals surface area contributed by atoms with Crippen molar-refractivity contribution in [1.29, 1.82) is 0 Å². The molecule has 0 saturated heterocycles. The molecule has 0 bridgehead atoms. The molecule has 0 N–H and O–H groups in total. The van der Waals surface area contributed by atoms with Crippen molar-refractivity contribution in [3.63, 3.8) is 0 Å². The summed E-state index contributed by atoms with van der Waals surface area (Å²) >= 11 is 0. The van der Waals surface area contributed by atoms with Crippen molar-refractivity contribution >= 4 is 0 Å². The maximum Gasteiger partial charge on any atom is 0.183 e. The van der Waals surface area contributed by atoms with Gasteiger partial charge in [0.2, 0.25) is 0 Å². The van der Waals surface area contributed by atoms with Gasteiger partial charge in [0.25, 0.3) is 0 Å². The van der Waals surface area contributed by atoms with Gasteiger partial charge in [-0.2, -0.15) is 0 Å². The van der Waals surface area contributed by atoms with Crippen molar-refractivity contribution in [2.24, 2.45) is 0 Å². The third-order valence-corrected chi connectivity index (χ3v) is 2.67. The molecule has 100 valence electrons. The first-order valence-corrected chi connectivity index (χ1v) is 6.71. The van der Waals surface area contributed by atoms with E-state index in [2.05, 4.69) is 18.8 Å². The summed E-state index contributed by atoms with van der Waals surface area (Å²) < 4.78 is 12.0. The van der Waals surface area contributed by atoms with Gasteiger partial charge in [-0.1, -0.05) is 13.8 Å². The second-order valence-corrected chi connectivity index (χ2v) is 6.21. The smallest absolute Gasteiger partial charge is 0.183 e. The summed E-state index contributed by atoms with van der Waals surface area (Å²) in [6, 6.07) is 1.91. The standard InChI is InChI=1S/C15H23NO2/c1-10(2)13-14(18-15(3,4)5)12(8-9-16-13)17-11-6-7-11/h8-11H,6-7H2,1-5H3. The maximum atomic E-state index is 6.07. The first-order chi connectivity index (χ1) is 8.37. The van der Waals surface area contributed by atoms with Crippen LogP contribution in [0.2, 0.25) is 0 Å². The molecule has 1 heterocycles. The molecule has 0 spiro atoms. The highest BCUT2D eigenvalue weighted by atomic mass is 16.5. The summed E-state index contributed by atoms with van der Waals surface area (Å²) in [6.45, 7) is 10.4. The van der Waals surface area contributed by atoms with Gasteiger partial charge in [0.05, 0.1) is 11.8 Å². The number of hydrogen-bond donors (Lipinski definition) is 0. The van der Waals surface area contributed by atoms with Gasteiger partial charge in [-0.3, -0.25) is 4.98 Å². The average molecular weight is 249 g/mol. The van der Waals surface area contributed by atoms with Crippen LogP contribution in [-0.4, -0.2) is 16.7 Å². The Bertz CT molecular complexity index is 417. The van der Waals surface area contributed by atoms with E-state index in [1.807, 2.05) is 33.0 Å². The molecule has 1 aromatic rings. The zero-order chi connectivity index (χ0) is 13.3. The predicted octanol–water partition coefficient (Wildman–Crippen LogP) is 3.92. The van der Waals surface area contributed by atoms with E-state index < -0.39 is 0 Å². The number of pyridine rings is 1. The van der Waals surface area contributed by atoms with Crippen LogP contribution in [-0.2, 0) is 0 Å². The van der Waals surface area contributed by atoms with Gasteiger partial charge in [0.15, 0.2) is 11.5 Å². The molecule has 0 amide bonds. The van der Waals surface area contributed by atoms with Gasteiger partial charge in [-0.05, 0) is 39.5 Å². The summed E-state index contributed by atoms with van der Waals surface area (Å²) in [5.41, 5.74) is 0.733. The molecular weight excluding hydrogens is 226 g/mol. The van der Waals surface area contributed by atoms with Crippen LogP contribution >= 0.6 is 0 Å². The molecule has 3 heteroatoms. The minimum atomic E-state index is -0.242. The molecule has 0 aliphatic heterocycles. The normalized spacial score (nSPS) is 15.9. The van der Waals surface area contributed by atoms with Gasteiger partial charge < -0.3 is 9.47 Å². The summed E-state index contributed by atoms with van der Waals surface area (Å²) in [6.07, 6.45) is 4.47. The second kappa shape index (κ2) is 4.79. The zero-order valence-electron chi connectivity index (χ0n) is 12.0. The molecule has 0 aromatic carbocycles. The molecule has 1 aliphatic rings. The minimum Gasteiger partial charge on any atom is -0.486 e. The van der Waals surface area contributed by atoms with E-state index in [0.717, 1.165) is 30.0 Å². The van der Waals surface area contributed by atoms with Gasteiger partial charge in [-0.15, -0.1) is 0 Å². The highest BCUT2D eigenvalue weighted by Gasteiger charge is 2.27. The summed E-state index contributed by atoms with van der Waals surface area (Å²) in [5.74, 6) is 1.98. The molecule has 1 aliphatic carbocycles. The van der Waals surface area contributed by atoms with E-state index in [-0.39, 0.29) is 5.60 Å². The van der Waals surface area contributed by atoms with Crippen LogP contribution < -0.4 is 9.47 Å². The lowest BCUT2D eigenvalue weighted by Crippen LogP contribution is -2.24. The third-order valence-electron chi connectivity index (χ3n) is 2.67. The number of aromatic nitrogens is 1. The zero-order valence-corrected chi connectivity index (χ0v) is 12.0. The molecule has 1 saturated carbocycles. The largest absolute Gasteiger partial charge is 0.486 e. The van der Waals surface area contributed by atoms with Crippen molar-refractivity contribution in [2.45, 2.75) is 65.1 Å². The molecule has 3 nitrogen and oxygen atoms in total.